The van der Waals surface area contributed by atoms with E-state index in [1.165, 1.54) is 43.8 Å². The molecule has 1 aliphatic rings. The minimum absolute atomic E-state index is 0.0735. The number of piperidine rings is 1. The molecule has 6 nitrogen and oxygen atoms in total. The maximum Gasteiger partial charge on any atom is 0.243 e. The van der Waals surface area contributed by atoms with Crippen LogP contribution in [0, 0.1) is 5.92 Å². The first kappa shape index (κ1) is 22.2. The van der Waals surface area contributed by atoms with E-state index in [0.717, 1.165) is 23.6 Å². The van der Waals surface area contributed by atoms with Crippen molar-refractivity contribution in [1.82, 2.24) is 9.21 Å². The lowest BCUT2D eigenvalue weighted by Gasteiger charge is -2.33. The number of amides is 1. The van der Waals surface area contributed by atoms with Crippen molar-refractivity contribution in [1.29, 1.82) is 0 Å². The fraction of sp³-hybridized carbons (Fsp3) is 0.391. The molecule has 1 aliphatic heterocycles. The quantitative estimate of drug-likeness (QED) is 0.636. The third kappa shape index (κ3) is 5.34. The number of rotatable bonds is 7. The molecular weight excluding hydrogens is 400 g/mol. The van der Waals surface area contributed by atoms with E-state index in [4.69, 9.17) is 0 Å². The van der Waals surface area contributed by atoms with Crippen molar-refractivity contribution in [2.75, 3.05) is 26.7 Å². The third-order valence-corrected chi connectivity index (χ3v) is 7.48. The van der Waals surface area contributed by atoms with Crippen LogP contribution < -0.4 is 0 Å². The molecule has 0 saturated carbocycles. The summed E-state index contributed by atoms with van der Waals surface area (Å²) in [6.45, 7) is 2.53. The first-order valence-corrected chi connectivity index (χ1v) is 11.6. The minimum Gasteiger partial charge on any atom is -0.342 e. The van der Waals surface area contributed by atoms with E-state index >= 15 is 0 Å². The Labute approximate surface area is 178 Å². The third-order valence-electron chi connectivity index (χ3n) is 5.66. The van der Waals surface area contributed by atoms with Crippen LogP contribution in [0.25, 0.3) is 0 Å². The topological polar surface area (TPSA) is 74.8 Å². The highest BCUT2D eigenvalue weighted by Gasteiger charge is 2.28. The Morgan fingerprint density at radius 3 is 2.17 bits per heavy atom. The molecule has 0 N–H and O–H groups in total. The van der Waals surface area contributed by atoms with Crippen LogP contribution in [0.4, 0.5) is 0 Å². The van der Waals surface area contributed by atoms with Crippen LogP contribution in [-0.4, -0.2) is 56.0 Å². The molecule has 0 bridgehead atoms. The average molecular weight is 429 g/mol. The molecule has 3 rings (SSSR count). The number of sulfonamides is 1. The molecular formula is C23H28N2O4S. The van der Waals surface area contributed by atoms with Gasteiger partial charge in [-0.1, -0.05) is 42.5 Å². The molecule has 160 valence electrons. The van der Waals surface area contributed by atoms with Crippen molar-refractivity contribution in [2.45, 2.75) is 31.1 Å². The maximum atomic E-state index is 12.8. The highest BCUT2D eigenvalue weighted by molar-refractivity contribution is 7.89. The van der Waals surface area contributed by atoms with Crippen LogP contribution in [0.2, 0.25) is 0 Å². The van der Waals surface area contributed by atoms with Gasteiger partial charge in [-0.2, -0.15) is 4.31 Å². The number of ketones is 1. The molecule has 0 radical (unpaired) electrons. The Morgan fingerprint density at radius 1 is 1.00 bits per heavy atom. The standard InChI is InChI=1S/C23H28N2O4S/c1-18(26)21-8-10-22(11-9-21)30(28,29)24(2)17-23(27)25-14-12-20(13-15-25)16-19-6-4-3-5-7-19/h3-11,20H,12-17H2,1-2H3. The normalized spacial score (nSPS) is 15.4. The Balaban J connectivity index is 1.54. The number of nitrogens with zero attached hydrogens (tertiary/aromatic N) is 2. The minimum atomic E-state index is -3.79. The second-order valence-electron chi connectivity index (χ2n) is 7.86. The molecule has 7 heteroatoms. The molecule has 0 atom stereocenters. The van der Waals surface area contributed by atoms with Crippen molar-refractivity contribution >= 4 is 21.7 Å². The van der Waals surface area contributed by atoms with E-state index in [2.05, 4.69) is 12.1 Å². The summed E-state index contributed by atoms with van der Waals surface area (Å²) in [4.78, 5) is 25.9. The summed E-state index contributed by atoms with van der Waals surface area (Å²) in [6, 6.07) is 16.1. The van der Waals surface area contributed by atoms with Crippen LogP contribution in [-0.2, 0) is 21.2 Å². The molecule has 30 heavy (non-hydrogen) atoms. The summed E-state index contributed by atoms with van der Waals surface area (Å²) in [5.41, 5.74) is 1.76. The van der Waals surface area contributed by atoms with Gasteiger partial charge in [0, 0.05) is 25.7 Å². The highest BCUT2D eigenvalue weighted by Crippen LogP contribution is 2.22. The highest BCUT2D eigenvalue weighted by atomic mass is 32.2. The molecule has 2 aromatic carbocycles. The van der Waals surface area contributed by atoms with Gasteiger partial charge in [-0.05, 0) is 49.8 Å². The Hall–Kier alpha value is -2.51. The Kier molecular flexibility index (Phi) is 7.05. The zero-order valence-corrected chi connectivity index (χ0v) is 18.3. The van der Waals surface area contributed by atoms with E-state index in [1.54, 1.807) is 4.90 Å². The number of likely N-dealkylation sites (tertiary alicyclic amines) is 1. The van der Waals surface area contributed by atoms with Crippen LogP contribution in [0.5, 0.6) is 0 Å². The lowest BCUT2D eigenvalue weighted by molar-refractivity contribution is -0.132. The van der Waals surface area contributed by atoms with Crippen molar-refractivity contribution in [3.8, 4) is 0 Å². The summed E-state index contributed by atoms with van der Waals surface area (Å²) in [5.74, 6) is 0.232. The predicted molar refractivity (Wildman–Crippen MR) is 116 cm³/mol. The van der Waals surface area contributed by atoms with Gasteiger partial charge in [0.25, 0.3) is 0 Å². The van der Waals surface area contributed by atoms with Gasteiger partial charge in [0.1, 0.15) is 0 Å². The molecule has 1 saturated heterocycles. The molecule has 2 aromatic rings. The number of hydrogen-bond acceptors (Lipinski definition) is 4. The number of carbonyl (C=O) groups is 2. The van der Waals surface area contributed by atoms with E-state index < -0.39 is 10.0 Å². The monoisotopic (exact) mass is 428 g/mol. The second kappa shape index (κ2) is 9.53. The number of likely N-dealkylation sites (N-methyl/N-ethyl adjacent to an activating group) is 1. The van der Waals surface area contributed by atoms with Crippen LogP contribution in [0.15, 0.2) is 59.5 Å². The maximum absolute atomic E-state index is 12.8. The van der Waals surface area contributed by atoms with E-state index in [1.807, 2.05) is 18.2 Å². The van der Waals surface area contributed by atoms with E-state index in [9.17, 15) is 18.0 Å². The first-order valence-electron chi connectivity index (χ1n) is 10.2. The summed E-state index contributed by atoms with van der Waals surface area (Å²) in [5, 5.41) is 0. The zero-order chi connectivity index (χ0) is 21.7. The van der Waals surface area contributed by atoms with Crippen molar-refractivity contribution in [2.24, 2.45) is 5.92 Å². The molecule has 0 spiro atoms. The smallest absolute Gasteiger partial charge is 0.243 e. The second-order valence-corrected chi connectivity index (χ2v) is 9.90. The van der Waals surface area contributed by atoms with E-state index in [0.29, 0.717) is 24.6 Å². The summed E-state index contributed by atoms with van der Waals surface area (Å²) in [6.07, 6.45) is 2.85. The predicted octanol–water partition coefficient (Wildman–Crippen LogP) is 2.99. The van der Waals surface area contributed by atoms with Gasteiger partial charge in [-0.25, -0.2) is 8.42 Å². The number of Topliss-reactive ketones (excluding diaryl/α,β-unsaturated/α-hetero) is 1. The number of benzene rings is 2. The van der Waals surface area contributed by atoms with Crippen molar-refractivity contribution in [3.05, 3.63) is 65.7 Å². The molecule has 0 unspecified atom stereocenters. The molecule has 1 heterocycles. The van der Waals surface area contributed by atoms with Crippen molar-refractivity contribution in [3.63, 3.8) is 0 Å². The molecule has 0 aliphatic carbocycles. The summed E-state index contributed by atoms with van der Waals surface area (Å²) < 4.78 is 26.6. The Bertz CT molecular complexity index is 980. The SMILES string of the molecule is CC(=O)c1ccc(S(=O)(=O)N(C)CC(=O)N2CCC(Cc3ccccc3)CC2)cc1. The lowest BCUT2D eigenvalue weighted by atomic mass is 9.90. The van der Waals surface area contributed by atoms with Gasteiger partial charge < -0.3 is 4.90 Å². The first-order chi connectivity index (χ1) is 14.3. The van der Waals surface area contributed by atoms with Gasteiger partial charge in [0.05, 0.1) is 11.4 Å². The number of carbonyl (C=O) groups excluding carboxylic acids is 2. The van der Waals surface area contributed by atoms with E-state index in [-0.39, 0.29) is 23.1 Å². The van der Waals surface area contributed by atoms with Crippen molar-refractivity contribution < 1.29 is 18.0 Å². The average Bonchev–Trinajstić information content (AvgIpc) is 2.75. The Morgan fingerprint density at radius 2 is 1.60 bits per heavy atom. The largest absolute Gasteiger partial charge is 0.342 e. The fourth-order valence-electron chi connectivity index (χ4n) is 3.75. The van der Waals surface area contributed by atoms with Gasteiger partial charge in [-0.3, -0.25) is 9.59 Å². The number of hydrogen-bond donors (Lipinski definition) is 0. The molecule has 1 amide bonds. The van der Waals surface area contributed by atoms with Gasteiger partial charge in [0.15, 0.2) is 5.78 Å². The molecule has 0 aromatic heterocycles. The van der Waals surface area contributed by atoms with Crippen LogP contribution >= 0.6 is 0 Å². The van der Waals surface area contributed by atoms with Gasteiger partial charge >= 0.3 is 0 Å². The summed E-state index contributed by atoms with van der Waals surface area (Å²) in [7, 11) is -2.38. The fourth-order valence-corrected chi connectivity index (χ4v) is 4.87. The van der Waals surface area contributed by atoms with Gasteiger partial charge in [0.2, 0.25) is 15.9 Å². The summed E-state index contributed by atoms with van der Waals surface area (Å²) >= 11 is 0. The van der Waals surface area contributed by atoms with Crippen LogP contribution in [0.3, 0.4) is 0 Å². The van der Waals surface area contributed by atoms with Crippen LogP contribution in [0.1, 0.15) is 35.7 Å². The lowest BCUT2D eigenvalue weighted by Crippen LogP contribution is -2.44. The zero-order valence-electron chi connectivity index (χ0n) is 17.5. The molecule has 1 fully saturated rings. The van der Waals surface area contributed by atoms with Gasteiger partial charge in [-0.15, -0.1) is 0 Å².